The number of halogens is 2. The van der Waals surface area contributed by atoms with Gasteiger partial charge in [0.1, 0.15) is 12.4 Å². The van der Waals surface area contributed by atoms with Crippen molar-refractivity contribution >= 4 is 40.1 Å². The predicted octanol–water partition coefficient (Wildman–Crippen LogP) is 4.38. The van der Waals surface area contributed by atoms with Gasteiger partial charge in [-0.15, -0.1) is 0 Å². The molecule has 10 heteroatoms. The molecule has 0 unspecified atom stereocenters. The van der Waals surface area contributed by atoms with Gasteiger partial charge in [-0.3, -0.25) is 14.4 Å². The van der Waals surface area contributed by atoms with E-state index in [1.54, 1.807) is 67.3 Å². The molecular weight excluding hydrogens is 533 g/mol. The van der Waals surface area contributed by atoms with Crippen LogP contribution in [0.3, 0.4) is 0 Å². The van der Waals surface area contributed by atoms with E-state index >= 15 is 0 Å². The third-order valence-electron chi connectivity index (χ3n) is 6.22. The van der Waals surface area contributed by atoms with Gasteiger partial charge in [0.2, 0.25) is 17.6 Å². The summed E-state index contributed by atoms with van der Waals surface area (Å²) in [4.78, 5) is 48.0. The van der Waals surface area contributed by atoms with Crippen molar-refractivity contribution in [3.05, 3.63) is 94.4 Å². The lowest BCUT2D eigenvalue weighted by molar-refractivity contribution is -0.138. The van der Waals surface area contributed by atoms with Gasteiger partial charge in [-0.2, -0.15) is 0 Å². The van der Waals surface area contributed by atoms with Crippen molar-refractivity contribution in [3.8, 4) is 11.8 Å². The smallest absolute Gasteiger partial charge is 0.243 e. The van der Waals surface area contributed by atoms with Gasteiger partial charge in [0.15, 0.2) is 5.78 Å². The fourth-order valence-corrected chi connectivity index (χ4v) is 4.36. The summed E-state index contributed by atoms with van der Waals surface area (Å²) in [6.07, 6.45) is 4.85. The number of rotatable bonds is 8. The summed E-state index contributed by atoms with van der Waals surface area (Å²) in [6.45, 7) is 4.72. The highest BCUT2D eigenvalue weighted by Crippen LogP contribution is 2.24. The molecule has 4 aromatic rings. The molecule has 0 saturated carbocycles. The second-order valence-electron chi connectivity index (χ2n) is 9.39. The van der Waals surface area contributed by atoms with E-state index in [2.05, 4.69) is 27.1 Å². The SMILES string of the molecule is CC(=O)c1cn(CC(=O)N(CC(=O)NCc2cccc(Cl)c2F)C(C)C)c2ccc(C#Cc3ncccn3)cc12. The maximum Gasteiger partial charge on any atom is 0.243 e. The molecule has 0 aliphatic rings. The molecule has 0 radical (unpaired) electrons. The highest BCUT2D eigenvalue weighted by molar-refractivity contribution is 6.30. The fraction of sp³-hybridized carbons (Fsp3) is 0.233. The number of amides is 2. The molecule has 0 fully saturated rings. The van der Waals surface area contributed by atoms with Crippen LogP contribution in [-0.2, 0) is 22.7 Å². The summed E-state index contributed by atoms with van der Waals surface area (Å²) in [5.41, 5.74) is 2.06. The first-order valence-electron chi connectivity index (χ1n) is 12.6. The monoisotopic (exact) mass is 559 g/mol. The van der Waals surface area contributed by atoms with Crippen LogP contribution >= 0.6 is 11.6 Å². The minimum Gasteiger partial charge on any atom is -0.350 e. The van der Waals surface area contributed by atoms with Crippen LogP contribution in [0.2, 0.25) is 5.02 Å². The standard InChI is InChI=1S/C30H27ClFN5O3/c1-19(2)37(17-28(39)35-15-22-6-4-7-25(31)30(22)32)29(40)18-36-16-24(20(3)38)23-14-21(8-10-26(23)36)9-11-27-33-12-5-13-34-27/h4-8,10,12-14,16,19H,15,17-18H2,1-3H3,(H,35,39). The molecule has 1 N–H and O–H groups in total. The van der Waals surface area contributed by atoms with E-state index in [4.69, 9.17) is 11.6 Å². The quantitative estimate of drug-likeness (QED) is 0.255. The van der Waals surface area contributed by atoms with Gasteiger partial charge in [0.05, 0.1) is 11.6 Å². The van der Waals surface area contributed by atoms with Crippen LogP contribution in [0, 0.1) is 17.7 Å². The van der Waals surface area contributed by atoms with Crippen molar-refractivity contribution in [2.75, 3.05) is 6.54 Å². The topological polar surface area (TPSA) is 97.2 Å². The lowest BCUT2D eigenvalue weighted by Gasteiger charge is -2.26. The van der Waals surface area contributed by atoms with Gasteiger partial charge < -0.3 is 14.8 Å². The Balaban J connectivity index is 1.51. The number of hydrogen-bond acceptors (Lipinski definition) is 5. The van der Waals surface area contributed by atoms with Crippen LogP contribution in [0.15, 0.2) is 61.1 Å². The van der Waals surface area contributed by atoms with Crippen molar-refractivity contribution in [1.29, 1.82) is 0 Å². The molecule has 2 aromatic heterocycles. The highest BCUT2D eigenvalue weighted by atomic mass is 35.5. The first kappa shape index (κ1) is 28.5. The molecule has 40 heavy (non-hydrogen) atoms. The fourth-order valence-electron chi connectivity index (χ4n) is 4.16. The molecule has 4 rings (SSSR count). The first-order chi connectivity index (χ1) is 19.1. The second-order valence-corrected chi connectivity index (χ2v) is 9.79. The molecule has 0 atom stereocenters. The maximum atomic E-state index is 14.2. The number of carbonyl (C=O) groups is 3. The number of hydrogen-bond donors (Lipinski definition) is 1. The van der Waals surface area contributed by atoms with Crippen LogP contribution < -0.4 is 5.32 Å². The van der Waals surface area contributed by atoms with Crippen molar-refractivity contribution in [1.82, 2.24) is 24.8 Å². The van der Waals surface area contributed by atoms with Crippen LogP contribution in [0.5, 0.6) is 0 Å². The van der Waals surface area contributed by atoms with E-state index in [1.165, 1.54) is 24.0 Å². The normalized spacial score (nSPS) is 10.8. The maximum absolute atomic E-state index is 14.2. The van der Waals surface area contributed by atoms with Crippen molar-refractivity contribution in [2.45, 2.75) is 39.9 Å². The Morgan fingerprint density at radius 3 is 2.55 bits per heavy atom. The summed E-state index contributed by atoms with van der Waals surface area (Å²) >= 11 is 5.81. The molecule has 0 saturated heterocycles. The van der Waals surface area contributed by atoms with E-state index in [0.29, 0.717) is 27.9 Å². The summed E-state index contributed by atoms with van der Waals surface area (Å²) in [5.74, 6) is 4.80. The number of benzene rings is 2. The Hall–Kier alpha value is -4.55. The molecule has 0 aliphatic heterocycles. The van der Waals surface area contributed by atoms with E-state index in [1.807, 2.05) is 0 Å². The van der Waals surface area contributed by atoms with E-state index in [9.17, 15) is 18.8 Å². The number of carbonyl (C=O) groups excluding carboxylic acids is 3. The van der Waals surface area contributed by atoms with Gasteiger partial charge in [-0.1, -0.05) is 29.7 Å². The Kier molecular flexibility index (Phi) is 8.92. The average molecular weight is 560 g/mol. The van der Waals surface area contributed by atoms with Crippen LogP contribution in [-0.4, -0.2) is 49.6 Å². The second kappa shape index (κ2) is 12.5. The number of aromatic nitrogens is 3. The Morgan fingerprint density at radius 1 is 1.10 bits per heavy atom. The van der Waals surface area contributed by atoms with Gasteiger partial charge in [0.25, 0.3) is 0 Å². The van der Waals surface area contributed by atoms with Gasteiger partial charge in [0, 0.05) is 58.8 Å². The predicted molar refractivity (Wildman–Crippen MR) is 150 cm³/mol. The Labute approximate surface area is 236 Å². The Bertz CT molecular complexity index is 1640. The lowest BCUT2D eigenvalue weighted by atomic mass is 10.1. The molecule has 0 bridgehead atoms. The number of fused-ring (bicyclic) bond motifs is 1. The van der Waals surface area contributed by atoms with Crippen LogP contribution in [0.4, 0.5) is 4.39 Å². The van der Waals surface area contributed by atoms with Gasteiger partial charge >= 0.3 is 0 Å². The van der Waals surface area contributed by atoms with Crippen LogP contribution in [0.25, 0.3) is 10.9 Å². The highest BCUT2D eigenvalue weighted by Gasteiger charge is 2.22. The number of nitrogens with one attached hydrogen (secondary N) is 1. The van der Waals surface area contributed by atoms with Crippen molar-refractivity contribution in [3.63, 3.8) is 0 Å². The Morgan fingerprint density at radius 2 is 1.85 bits per heavy atom. The molecule has 204 valence electrons. The lowest BCUT2D eigenvalue weighted by Crippen LogP contribution is -2.45. The molecule has 2 heterocycles. The zero-order valence-electron chi connectivity index (χ0n) is 22.2. The number of ketones is 1. The molecule has 2 amide bonds. The molecule has 0 aliphatic carbocycles. The first-order valence-corrected chi connectivity index (χ1v) is 12.9. The molecular formula is C30H27ClFN5O3. The average Bonchev–Trinajstić information content (AvgIpc) is 3.29. The summed E-state index contributed by atoms with van der Waals surface area (Å²) < 4.78 is 15.9. The minimum atomic E-state index is -0.593. The zero-order chi connectivity index (χ0) is 28.8. The molecule has 0 spiro atoms. The van der Waals surface area contributed by atoms with E-state index < -0.39 is 11.7 Å². The van der Waals surface area contributed by atoms with E-state index in [0.717, 1.165) is 0 Å². The van der Waals surface area contributed by atoms with Crippen molar-refractivity contribution < 1.29 is 18.8 Å². The largest absolute Gasteiger partial charge is 0.350 e. The summed E-state index contributed by atoms with van der Waals surface area (Å²) in [5, 5.41) is 3.28. The van der Waals surface area contributed by atoms with Crippen LogP contribution in [0.1, 0.15) is 48.1 Å². The number of Topliss-reactive ketones (excluding diaryl/α,β-unsaturated/α-hetero) is 1. The molecule has 2 aromatic carbocycles. The van der Waals surface area contributed by atoms with E-state index in [-0.39, 0.29) is 48.0 Å². The number of nitrogens with zero attached hydrogens (tertiary/aromatic N) is 4. The minimum absolute atomic E-state index is 0.0287. The summed E-state index contributed by atoms with van der Waals surface area (Å²) in [6, 6.07) is 11.4. The third-order valence-corrected chi connectivity index (χ3v) is 6.51. The summed E-state index contributed by atoms with van der Waals surface area (Å²) in [7, 11) is 0. The van der Waals surface area contributed by atoms with Crippen molar-refractivity contribution in [2.24, 2.45) is 0 Å². The van der Waals surface area contributed by atoms with Gasteiger partial charge in [-0.05, 0) is 57.0 Å². The third kappa shape index (κ3) is 6.71. The van der Waals surface area contributed by atoms with Gasteiger partial charge in [-0.25, -0.2) is 14.4 Å². The molecule has 8 nitrogen and oxygen atoms in total. The zero-order valence-corrected chi connectivity index (χ0v) is 23.0.